The maximum atomic E-state index is 5.87. The van der Waals surface area contributed by atoms with Crippen LogP contribution in [0.15, 0.2) is 12.1 Å². The lowest BCUT2D eigenvalue weighted by molar-refractivity contribution is 0.297. The fraction of sp³-hybridized carbons (Fsp3) is 0.600. The molecule has 0 heterocycles. The minimum absolute atomic E-state index is 0.214. The van der Waals surface area contributed by atoms with Gasteiger partial charge in [0.25, 0.3) is 0 Å². The van der Waals surface area contributed by atoms with Gasteiger partial charge in [0, 0.05) is 6.04 Å². The van der Waals surface area contributed by atoms with Crippen molar-refractivity contribution in [3.05, 3.63) is 28.8 Å². The van der Waals surface area contributed by atoms with Gasteiger partial charge < -0.3 is 10.5 Å². The highest BCUT2D eigenvalue weighted by atomic mass is 16.5. The van der Waals surface area contributed by atoms with E-state index in [0.717, 1.165) is 24.7 Å². The van der Waals surface area contributed by atoms with Crippen molar-refractivity contribution in [2.75, 3.05) is 6.61 Å². The molecular formula is C15H23NO. The van der Waals surface area contributed by atoms with Crippen LogP contribution in [-0.4, -0.2) is 12.6 Å². The summed E-state index contributed by atoms with van der Waals surface area (Å²) in [4.78, 5) is 0. The summed E-state index contributed by atoms with van der Waals surface area (Å²) in [6.07, 6.45) is 3.61. The van der Waals surface area contributed by atoms with Crippen molar-refractivity contribution in [3.8, 4) is 5.75 Å². The Balaban J connectivity index is 2.09. The number of hydrogen-bond acceptors (Lipinski definition) is 2. The predicted octanol–water partition coefficient (Wildman–Crippen LogP) is 2.98. The van der Waals surface area contributed by atoms with Crippen LogP contribution in [0.5, 0.6) is 5.75 Å². The molecule has 1 atom stereocenters. The number of aryl methyl sites for hydroxylation is 2. The van der Waals surface area contributed by atoms with Crippen molar-refractivity contribution < 1.29 is 4.74 Å². The Labute approximate surface area is 104 Å². The summed E-state index contributed by atoms with van der Waals surface area (Å²) in [7, 11) is 0. The van der Waals surface area contributed by atoms with Gasteiger partial charge in [0.1, 0.15) is 5.75 Å². The molecule has 2 nitrogen and oxygen atoms in total. The van der Waals surface area contributed by atoms with Crippen LogP contribution in [0, 0.1) is 19.8 Å². The second kappa shape index (κ2) is 5.09. The van der Waals surface area contributed by atoms with Gasteiger partial charge in [-0.3, -0.25) is 0 Å². The SMILES string of the molecule is Cc1cc(OCC2CC2)c(C)cc1CC(C)N. The maximum absolute atomic E-state index is 5.87. The lowest BCUT2D eigenvalue weighted by atomic mass is 9.99. The van der Waals surface area contributed by atoms with Crippen molar-refractivity contribution in [2.45, 2.75) is 46.1 Å². The van der Waals surface area contributed by atoms with E-state index in [2.05, 4.69) is 26.0 Å². The molecule has 2 N–H and O–H groups in total. The van der Waals surface area contributed by atoms with Gasteiger partial charge in [-0.1, -0.05) is 6.07 Å². The average Bonchev–Trinajstić information content (AvgIpc) is 3.04. The molecule has 1 fully saturated rings. The largest absolute Gasteiger partial charge is 0.493 e. The summed E-state index contributed by atoms with van der Waals surface area (Å²) in [6, 6.07) is 4.60. The fourth-order valence-electron chi connectivity index (χ4n) is 2.06. The van der Waals surface area contributed by atoms with Crippen molar-refractivity contribution in [1.82, 2.24) is 0 Å². The van der Waals surface area contributed by atoms with Crippen molar-refractivity contribution >= 4 is 0 Å². The first kappa shape index (κ1) is 12.4. The molecule has 0 aliphatic heterocycles. The number of ether oxygens (including phenoxy) is 1. The van der Waals surface area contributed by atoms with E-state index < -0.39 is 0 Å². The summed E-state index contributed by atoms with van der Waals surface area (Å²) >= 11 is 0. The Morgan fingerprint density at radius 1 is 1.29 bits per heavy atom. The van der Waals surface area contributed by atoms with Gasteiger partial charge in [-0.15, -0.1) is 0 Å². The second-order valence-corrected chi connectivity index (χ2v) is 5.48. The molecule has 1 aromatic carbocycles. The van der Waals surface area contributed by atoms with Crippen LogP contribution in [-0.2, 0) is 6.42 Å². The van der Waals surface area contributed by atoms with Crippen LogP contribution in [0.3, 0.4) is 0 Å². The molecule has 2 heteroatoms. The highest BCUT2D eigenvalue weighted by Gasteiger charge is 2.22. The fourth-order valence-corrected chi connectivity index (χ4v) is 2.06. The van der Waals surface area contributed by atoms with Gasteiger partial charge in [0.15, 0.2) is 0 Å². The maximum Gasteiger partial charge on any atom is 0.122 e. The zero-order valence-electron chi connectivity index (χ0n) is 11.1. The van der Waals surface area contributed by atoms with E-state index in [1.54, 1.807) is 0 Å². The molecule has 1 aromatic rings. The molecule has 1 saturated carbocycles. The summed E-state index contributed by atoms with van der Waals surface area (Å²) in [5.41, 5.74) is 9.72. The Morgan fingerprint density at radius 2 is 2.00 bits per heavy atom. The van der Waals surface area contributed by atoms with Crippen LogP contribution >= 0.6 is 0 Å². The Bertz CT molecular complexity index is 394. The Hall–Kier alpha value is -1.02. The first-order chi connectivity index (χ1) is 8.06. The normalized spacial score (nSPS) is 16.9. The second-order valence-electron chi connectivity index (χ2n) is 5.48. The van der Waals surface area contributed by atoms with Gasteiger partial charge in [0.2, 0.25) is 0 Å². The van der Waals surface area contributed by atoms with Crippen molar-refractivity contribution in [3.63, 3.8) is 0 Å². The first-order valence-electron chi connectivity index (χ1n) is 6.54. The zero-order chi connectivity index (χ0) is 12.4. The van der Waals surface area contributed by atoms with E-state index in [1.807, 2.05) is 6.92 Å². The predicted molar refractivity (Wildman–Crippen MR) is 71.5 cm³/mol. The standard InChI is InChI=1S/C15H23NO/c1-10-7-15(17-9-13-4-5-13)11(2)6-14(10)8-12(3)16/h6-7,12-13H,4-5,8-9,16H2,1-3H3. The number of benzene rings is 1. The number of rotatable bonds is 5. The molecule has 1 aliphatic carbocycles. The average molecular weight is 233 g/mol. The Morgan fingerprint density at radius 3 is 2.59 bits per heavy atom. The van der Waals surface area contributed by atoms with E-state index in [-0.39, 0.29) is 6.04 Å². The summed E-state index contributed by atoms with van der Waals surface area (Å²) in [6.45, 7) is 7.19. The van der Waals surface area contributed by atoms with Gasteiger partial charge in [-0.2, -0.15) is 0 Å². The monoisotopic (exact) mass is 233 g/mol. The molecule has 0 bridgehead atoms. The molecule has 94 valence electrons. The third-order valence-corrected chi connectivity index (χ3v) is 3.35. The number of nitrogens with two attached hydrogens (primary N) is 1. The summed E-state index contributed by atoms with van der Waals surface area (Å²) < 4.78 is 5.87. The van der Waals surface area contributed by atoms with E-state index in [1.165, 1.54) is 29.5 Å². The van der Waals surface area contributed by atoms with Crippen LogP contribution in [0.25, 0.3) is 0 Å². The quantitative estimate of drug-likeness (QED) is 0.848. The molecule has 0 aromatic heterocycles. The third kappa shape index (κ3) is 3.47. The molecule has 0 saturated heterocycles. The minimum atomic E-state index is 0.214. The summed E-state index contributed by atoms with van der Waals surface area (Å²) in [5.74, 6) is 1.85. The Kier molecular flexibility index (Phi) is 3.72. The molecule has 0 radical (unpaired) electrons. The van der Waals surface area contributed by atoms with E-state index >= 15 is 0 Å². The van der Waals surface area contributed by atoms with Crippen molar-refractivity contribution in [1.29, 1.82) is 0 Å². The number of hydrogen-bond donors (Lipinski definition) is 1. The van der Waals surface area contributed by atoms with Gasteiger partial charge in [0.05, 0.1) is 6.61 Å². The highest BCUT2D eigenvalue weighted by molar-refractivity contribution is 5.41. The topological polar surface area (TPSA) is 35.2 Å². The molecule has 17 heavy (non-hydrogen) atoms. The van der Waals surface area contributed by atoms with E-state index in [9.17, 15) is 0 Å². The molecule has 1 aliphatic rings. The zero-order valence-corrected chi connectivity index (χ0v) is 11.1. The van der Waals surface area contributed by atoms with E-state index in [0.29, 0.717) is 0 Å². The molecular weight excluding hydrogens is 210 g/mol. The molecule has 1 unspecified atom stereocenters. The highest BCUT2D eigenvalue weighted by Crippen LogP contribution is 2.31. The third-order valence-electron chi connectivity index (χ3n) is 3.35. The summed E-state index contributed by atoms with van der Waals surface area (Å²) in [5, 5.41) is 0. The first-order valence-corrected chi connectivity index (χ1v) is 6.54. The minimum Gasteiger partial charge on any atom is -0.493 e. The molecule has 2 rings (SSSR count). The van der Waals surface area contributed by atoms with E-state index in [4.69, 9.17) is 10.5 Å². The lowest BCUT2D eigenvalue weighted by Crippen LogP contribution is -2.18. The van der Waals surface area contributed by atoms with Gasteiger partial charge >= 0.3 is 0 Å². The van der Waals surface area contributed by atoms with Crippen LogP contribution in [0.4, 0.5) is 0 Å². The van der Waals surface area contributed by atoms with Gasteiger partial charge in [-0.05, 0) is 68.7 Å². The lowest BCUT2D eigenvalue weighted by Gasteiger charge is -2.14. The van der Waals surface area contributed by atoms with Crippen LogP contribution < -0.4 is 10.5 Å². The molecule has 0 amide bonds. The smallest absolute Gasteiger partial charge is 0.122 e. The van der Waals surface area contributed by atoms with Crippen LogP contribution in [0.2, 0.25) is 0 Å². The molecule has 0 spiro atoms. The van der Waals surface area contributed by atoms with Crippen molar-refractivity contribution in [2.24, 2.45) is 11.7 Å². The van der Waals surface area contributed by atoms with Gasteiger partial charge in [-0.25, -0.2) is 0 Å². The van der Waals surface area contributed by atoms with Crippen LogP contribution in [0.1, 0.15) is 36.5 Å².